The third kappa shape index (κ3) is 4.13. The van der Waals surface area contributed by atoms with E-state index in [4.69, 9.17) is 10.5 Å². The Morgan fingerprint density at radius 1 is 1.40 bits per heavy atom. The molecule has 1 heterocycles. The fraction of sp³-hybridized carbons (Fsp3) is 0.400. The van der Waals surface area contributed by atoms with Crippen molar-refractivity contribution in [1.29, 1.82) is 0 Å². The zero-order chi connectivity index (χ0) is 14.4. The molecular formula is C15H21N3OS. The molecule has 0 unspecified atom stereocenters. The lowest BCUT2D eigenvalue weighted by molar-refractivity contribution is 0.319. The Morgan fingerprint density at radius 2 is 2.25 bits per heavy atom. The van der Waals surface area contributed by atoms with Gasteiger partial charge in [0.05, 0.1) is 23.0 Å². The molecule has 2 aromatic rings. The average Bonchev–Trinajstić information content (AvgIpc) is 2.85. The van der Waals surface area contributed by atoms with Crippen molar-refractivity contribution in [2.75, 3.05) is 24.2 Å². The van der Waals surface area contributed by atoms with Crippen molar-refractivity contribution in [3.8, 4) is 5.75 Å². The number of aromatic nitrogens is 1. The van der Waals surface area contributed by atoms with Crippen LogP contribution in [-0.4, -0.2) is 18.1 Å². The van der Waals surface area contributed by atoms with Gasteiger partial charge in [0, 0.05) is 30.1 Å². The number of anilines is 2. The van der Waals surface area contributed by atoms with Crippen LogP contribution in [0.4, 0.5) is 11.4 Å². The molecule has 0 saturated carbocycles. The minimum Gasteiger partial charge on any atom is -0.491 e. The topological polar surface area (TPSA) is 60.2 Å². The first-order valence-electron chi connectivity index (χ1n) is 6.86. The van der Waals surface area contributed by atoms with Gasteiger partial charge in [-0.05, 0) is 25.5 Å². The highest BCUT2D eigenvalue weighted by molar-refractivity contribution is 7.09. The van der Waals surface area contributed by atoms with E-state index < -0.39 is 0 Å². The van der Waals surface area contributed by atoms with Crippen molar-refractivity contribution < 1.29 is 4.74 Å². The van der Waals surface area contributed by atoms with Crippen molar-refractivity contribution in [3.63, 3.8) is 0 Å². The first-order chi connectivity index (χ1) is 9.69. The third-order valence-electron chi connectivity index (χ3n) is 2.85. The molecule has 20 heavy (non-hydrogen) atoms. The number of thiazole rings is 1. The van der Waals surface area contributed by atoms with E-state index >= 15 is 0 Å². The second kappa shape index (κ2) is 7.14. The van der Waals surface area contributed by atoms with Gasteiger partial charge in [-0.25, -0.2) is 4.98 Å². The van der Waals surface area contributed by atoms with Crippen LogP contribution in [0.15, 0.2) is 23.6 Å². The monoisotopic (exact) mass is 291 g/mol. The van der Waals surface area contributed by atoms with E-state index in [0.29, 0.717) is 12.3 Å². The zero-order valence-corrected chi connectivity index (χ0v) is 12.8. The van der Waals surface area contributed by atoms with Crippen molar-refractivity contribution in [2.24, 2.45) is 0 Å². The summed E-state index contributed by atoms with van der Waals surface area (Å²) in [6.45, 7) is 5.64. The summed E-state index contributed by atoms with van der Waals surface area (Å²) in [7, 11) is 0. The number of benzene rings is 1. The molecule has 0 radical (unpaired) electrons. The Hall–Kier alpha value is -1.75. The first kappa shape index (κ1) is 14.7. The van der Waals surface area contributed by atoms with Crippen LogP contribution in [0.1, 0.15) is 24.0 Å². The summed E-state index contributed by atoms with van der Waals surface area (Å²) in [5.74, 6) is 0.751. The minimum absolute atomic E-state index is 0.680. The van der Waals surface area contributed by atoms with Gasteiger partial charge >= 0.3 is 0 Å². The van der Waals surface area contributed by atoms with Gasteiger partial charge in [0.2, 0.25) is 0 Å². The maximum absolute atomic E-state index is 5.89. The Morgan fingerprint density at radius 3 is 2.95 bits per heavy atom. The first-order valence-corrected chi connectivity index (χ1v) is 7.74. The van der Waals surface area contributed by atoms with Gasteiger partial charge in [-0.3, -0.25) is 0 Å². The maximum atomic E-state index is 5.89. The lowest BCUT2D eigenvalue weighted by atomic mass is 10.2. The third-order valence-corrected chi connectivity index (χ3v) is 3.67. The van der Waals surface area contributed by atoms with Gasteiger partial charge in [0.15, 0.2) is 0 Å². The Labute approximate surface area is 124 Å². The van der Waals surface area contributed by atoms with Gasteiger partial charge < -0.3 is 15.8 Å². The molecule has 0 aliphatic carbocycles. The quantitative estimate of drug-likeness (QED) is 0.767. The van der Waals surface area contributed by atoms with E-state index in [1.54, 1.807) is 11.3 Å². The molecule has 0 saturated heterocycles. The van der Waals surface area contributed by atoms with E-state index in [1.807, 2.05) is 25.1 Å². The zero-order valence-electron chi connectivity index (χ0n) is 12.0. The molecule has 2 rings (SSSR count). The predicted octanol–water partition coefficient (Wildman–Crippen LogP) is 3.48. The summed E-state index contributed by atoms with van der Waals surface area (Å²) >= 11 is 1.69. The van der Waals surface area contributed by atoms with E-state index in [2.05, 4.69) is 22.6 Å². The summed E-state index contributed by atoms with van der Waals surface area (Å²) in [5, 5.41) is 6.60. The lowest BCUT2D eigenvalue weighted by Crippen LogP contribution is -2.06. The molecule has 0 fully saturated rings. The standard InChI is InChI=1S/C15H21N3OS/c1-3-8-19-15-9-12(4-5-14(15)16)17-7-6-13-10-20-11(2)18-13/h4-5,9-10,17H,3,6-8,16H2,1-2H3. The Bertz CT molecular complexity index is 554. The van der Waals surface area contributed by atoms with Gasteiger partial charge in [-0.1, -0.05) is 6.92 Å². The van der Waals surface area contributed by atoms with E-state index in [1.165, 1.54) is 0 Å². The van der Waals surface area contributed by atoms with E-state index in [0.717, 1.165) is 41.5 Å². The number of hydrogen-bond acceptors (Lipinski definition) is 5. The van der Waals surface area contributed by atoms with Crippen LogP contribution >= 0.6 is 11.3 Å². The number of ether oxygens (including phenoxy) is 1. The number of hydrogen-bond donors (Lipinski definition) is 2. The number of nitrogen functional groups attached to an aromatic ring is 1. The summed E-state index contributed by atoms with van der Waals surface area (Å²) in [6.07, 6.45) is 1.89. The molecule has 5 heteroatoms. The predicted molar refractivity (Wildman–Crippen MR) is 85.7 cm³/mol. The summed E-state index contributed by atoms with van der Waals surface area (Å²) < 4.78 is 5.62. The maximum Gasteiger partial charge on any atom is 0.144 e. The van der Waals surface area contributed by atoms with Gasteiger partial charge in [-0.15, -0.1) is 11.3 Å². The van der Waals surface area contributed by atoms with Crippen LogP contribution in [0, 0.1) is 6.92 Å². The molecule has 4 nitrogen and oxygen atoms in total. The molecule has 1 aromatic carbocycles. The van der Waals surface area contributed by atoms with Gasteiger partial charge in [0.1, 0.15) is 5.75 Å². The van der Waals surface area contributed by atoms with Crippen LogP contribution in [-0.2, 0) is 6.42 Å². The normalized spacial score (nSPS) is 10.5. The molecule has 0 bridgehead atoms. The molecule has 0 amide bonds. The van der Waals surface area contributed by atoms with Crippen LogP contribution in [0.25, 0.3) is 0 Å². The highest BCUT2D eigenvalue weighted by Gasteiger charge is 2.03. The lowest BCUT2D eigenvalue weighted by Gasteiger charge is -2.11. The van der Waals surface area contributed by atoms with Crippen LogP contribution in [0.3, 0.4) is 0 Å². The second-order valence-electron chi connectivity index (χ2n) is 4.64. The molecule has 0 atom stereocenters. The van der Waals surface area contributed by atoms with Crippen molar-refractivity contribution in [3.05, 3.63) is 34.3 Å². The number of nitrogens with two attached hydrogens (primary N) is 1. The number of nitrogens with zero attached hydrogens (tertiary/aromatic N) is 1. The van der Waals surface area contributed by atoms with E-state index in [-0.39, 0.29) is 0 Å². The highest BCUT2D eigenvalue weighted by atomic mass is 32.1. The van der Waals surface area contributed by atoms with Crippen LogP contribution in [0.5, 0.6) is 5.75 Å². The largest absolute Gasteiger partial charge is 0.491 e. The average molecular weight is 291 g/mol. The van der Waals surface area contributed by atoms with Crippen LogP contribution < -0.4 is 15.8 Å². The van der Waals surface area contributed by atoms with Crippen molar-refractivity contribution in [1.82, 2.24) is 4.98 Å². The fourth-order valence-electron chi connectivity index (χ4n) is 1.84. The Kier molecular flexibility index (Phi) is 5.24. The van der Waals surface area contributed by atoms with E-state index in [9.17, 15) is 0 Å². The molecule has 108 valence electrons. The molecule has 0 aliphatic rings. The summed E-state index contributed by atoms with van der Waals surface area (Å²) in [5.41, 5.74) is 8.73. The number of nitrogens with one attached hydrogen (secondary N) is 1. The van der Waals surface area contributed by atoms with Gasteiger partial charge in [-0.2, -0.15) is 0 Å². The molecule has 3 N–H and O–H groups in total. The number of aryl methyl sites for hydroxylation is 1. The van der Waals surface area contributed by atoms with Crippen molar-refractivity contribution in [2.45, 2.75) is 26.7 Å². The summed E-state index contributed by atoms with van der Waals surface area (Å²) in [4.78, 5) is 4.45. The minimum atomic E-state index is 0.680. The SMILES string of the molecule is CCCOc1cc(NCCc2csc(C)n2)ccc1N. The number of rotatable bonds is 7. The summed E-state index contributed by atoms with van der Waals surface area (Å²) in [6, 6.07) is 5.80. The molecule has 0 spiro atoms. The van der Waals surface area contributed by atoms with Crippen LogP contribution in [0.2, 0.25) is 0 Å². The molecular weight excluding hydrogens is 270 g/mol. The van der Waals surface area contributed by atoms with Crippen molar-refractivity contribution >= 4 is 22.7 Å². The molecule has 1 aromatic heterocycles. The fourth-order valence-corrected chi connectivity index (χ4v) is 2.49. The highest BCUT2D eigenvalue weighted by Crippen LogP contribution is 2.25. The van der Waals surface area contributed by atoms with Gasteiger partial charge in [0.25, 0.3) is 0 Å². The molecule has 0 aliphatic heterocycles. The second-order valence-corrected chi connectivity index (χ2v) is 5.70. The smallest absolute Gasteiger partial charge is 0.144 e. The Balaban J connectivity index is 1.89.